The highest BCUT2D eigenvalue weighted by Gasteiger charge is 2.58. The van der Waals surface area contributed by atoms with Crippen molar-refractivity contribution in [1.82, 2.24) is 10.6 Å². The maximum atomic E-state index is 13.1. The molecule has 2 aliphatic heterocycles. The van der Waals surface area contributed by atoms with Gasteiger partial charge in [-0.1, -0.05) is 54.1 Å². The molecule has 2 fully saturated rings. The number of carbonyl (C=O) groups is 2. The number of aliphatic hydroxyl groups excluding tert-OH is 1. The highest BCUT2D eigenvalue weighted by molar-refractivity contribution is 8.02. The van der Waals surface area contributed by atoms with Crippen LogP contribution in [0, 0.1) is 0 Å². The van der Waals surface area contributed by atoms with Crippen LogP contribution in [0.15, 0.2) is 54.1 Å². The van der Waals surface area contributed by atoms with E-state index < -0.39 is 15.8 Å². The van der Waals surface area contributed by atoms with Gasteiger partial charge in [-0.05, 0) is 11.8 Å². The Morgan fingerprint density at radius 3 is 2.69 bits per heavy atom. The number of carbonyl (C=O) groups excluding carboxylic acids is 2. The molecule has 4 atom stereocenters. The molecule has 2 saturated heterocycles. The van der Waals surface area contributed by atoms with Crippen LogP contribution in [-0.4, -0.2) is 44.3 Å². The van der Waals surface area contributed by atoms with Crippen molar-refractivity contribution in [3.63, 3.8) is 0 Å². The van der Waals surface area contributed by atoms with E-state index in [1.54, 1.807) is 12.2 Å². The summed E-state index contributed by atoms with van der Waals surface area (Å²) in [5.41, 5.74) is 1.98. The van der Waals surface area contributed by atoms with Crippen molar-refractivity contribution in [3.05, 3.63) is 59.7 Å². The molecule has 3 N–H and O–H groups in total. The van der Waals surface area contributed by atoms with E-state index in [0.29, 0.717) is 12.8 Å². The lowest BCUT2D eigenvalue weighted by Gasteiger charge is -2.43. The van der Waals surface area contributed by atoms with Crippen molar-refractivity contribution < 1.29 is 14.7 Å². The number of fused-ring (bicyclic) bond motifs is 1. The zero-order valence-corrected chi connectivity index (χ0v) is 15.9. The summed E-state index contributed by atoms with van der Waals surface area (Å²) in [6.45, 7) is 0. The number of thioether (sulfide) groups is 2. The third-order valence-electron chi connectivity index (χ3n) is 5.08. The van der Waals surface area contributed by atoms with Crippen molar-refractivity contribution >= 4 is 35.3 Å². The fraction of sp³-hybridized carbons (Fsp3) is 0.368. The second kappa shape index (κ2) is 6.48. The van der Waals surface area contributed by atoms with Crippen LogP contribution in [0.2, 0.25) is 0 Å². The number of hydrogen-bond donors (Lipinski definition) is 3. The van der Waals surface area contributed by atoms with Gasteiger partial charge in [0.1, 0.15) is 0 Å². The van der Waals surface area contributed by atoms with E-state index in [1.807, 2.05) is 42.7 Å². The molecule has 1 spiro atoms. The normalized spacial score (nSPS) is 35.7. The number of allylic oxidation sites excluding steroid dienone is 2. The molecule has 1 aromatic rings. The summed E-state index contributed by atoms with van der Waals surface area (Å²) in [4.78, 5) is 24.1. The van der Waals surface area contributed by atoms with Crippen molar-refractivity contribution in [3.8, 4) is 0 Å². The lowest BCUT2D eigenvalue weighted by Crippen LogP contribution is -2.72. The zero-order chi connectivity index (χ0) is 18.4. The Morgan fingerprint density at radius 1 is 1.23 bits per heavy atom. The molecular formula is C19H20N2O3S2. The molecule has 0 unspecified atom stereocenters. The summed E-state index contributed by atoms with van der Waals surface area (Å²) in [7, 11) is 0. The van der Waals surface area contributed by atoms with Gasteiger partial charge in [-0.3, -0.25) is 9.59 Å². The van der Waals surface area contributed by atoms with E-state index in [1.165, 1.54) is 23.5 Å². The molecule has 136 valence electrons. The third kappa shape index (κ3) is 2.78. The Balaban J connectivity index is 1.60. The number of amides is 2. The van der Waals surface area contributed by atoms with Crippen LogP contribution in [0.4, 0.5) is 0 Å². The van der Waals surface area contributed by atoms with E-state index in [-0.39, 0.29) is 17.1 Å². The largest absolute Gasteiger partial charge is 0.388 e. The average molecular weight is 389 g/mol. The minimum absolute atomic E-state index is 0.192. The number of benzene rings is 1. The first-order chi connectivity index (χ1) is 12.5. The number of rotatable bonds is 3. The van der Waals surface area contributed by atoms with Gasteiger partial charge >= 0.3 is 0 Å². The first-order valence-corrected chi connectivity index (χ1v) is 10.6. The van der Waals surface area contributed by atoms with Gasteiger partial charge in [0.2, 0.25) is 0 Å². The van der Waals surface area contributed by atoms with Crippen LogP contribution in [0.5, 0.6) is 0 Å². The molecule has 0 bridgehead atoms. The number of nitrogens with one attached hydrogen (secondary N) is 2. The predicted molar refractivity (Wildman–Crippen MR) is 105 cm³/mol. The van der Waals surface area contributed by atoms with Crippen LogP contribution in [0.3, 0.4) is 0 Å². The average Bonchev–Trinajstić information content (AvgIpc) is 3.01. The molecule has 3 aliphatic rings. The summed E-state index contributed by atoms with van der Waals surface area (Å²) in [5.74, 6) is -0.391. The Kier molecular flexibility index (Phi) is 4.41. The van der Waals surface area contributed by atoms with Crippen LogP contribution >= 0.6 is 23.5 Å². The fourth-order valence-corrected chi connectivity index (χ4v) is 5.95. The topological polar surface area (TPSA) is 78.4 Å². The molecule has 2 heterocycles. The van der Waals surface area contributed by atoms with Crippen molar-refractivity contribution in [2.75, 3.05) is 6.26 Å². The van der Waals surface area contributed by atoms with E-state index in [4.69, 9.17) is 0 Å². The predicted octanol–water partition coefficient (Wildman–Crippen LogP) is 1.59. The fourth-order valence-electron chi connectivity index (χ4n) is 3.67. The van der Waals surface area contributed by atoms with Crippen molar-refractivity contribution in [2.45, 2.75) is 33.9 Å². The van der Waals surface area contributed by atoms with Crippen molar-refractivity contribution in [1.29, 1.82) is 0 Å². The Labute approximate surface area is 160 Å². The standard InChI is InChI=1S/C19H20N2O3S2/c1-25-18(10-12-6-3-2-4-7-12)16(23)21-19(17(24)20-18)11-13-8-5-9-14(22)15(13)26-19/h2-9,14-15,22H,10-11H2,1H3,(H,20,24)(H,21,23)/t14-,15-,18+,19+/m0/s1. The van der Waals surface area contributed by atoms with E-state index >= 15 is 0 Å². The summed E-state index contributed by atoms with van der Waals surface area (Å²) >= 11 is 2.67. The minimum Gasteiger partial charge on any atom is -0.388 e. The Hall–Kier alpha value is -1.70. The summed E-state index contributed by atoms with van der Waals surface area (Å²) in [5, 5.41) is 16.0. The minimum atomic E-state index is -1.05. The number of hydrogen-bond acceptors (Lipinski definition) is 5. The van der Waals surface area contributed by atoms with E-state index in [9.17, 15) is 14.7 Å². The highest BCUT2D eigenvalue weighted by Crippen LogP contribution is 2.50. The molecule has 7 heteroatoms. The van der Waals surface area contributed by atoms with Crippen molar-refractivity contribution in [2.24, 2.45) is 0 Å². The van der Waals surface area contributed by atoms with Gasteiger partial charge in [0.25, 0.3) is 11.8 Å². The van der Waals surface area contributed by atoms with Crippen LogP contribution in [0.25, 0.3) is 0 Å². The first kappa shape index (κ1) is 17.7. The molecule has 26 heavy (non-hydrogen) atoms. The van der Waals surface area contributed by atoms with Gasteiger partial charge in [-0.15, -0.1) is 23.5 Å². The van der Waals surface area contributed by atoms with Crippen LogP contribution in [-0.2, 0) is 16.0 Å². The van der Waals surface area contributed by atoms with Gasteiger partial charge in [0.15, 0.2) is 9.74 Å². The molecule has 0 radical (unpaired) electrons. The number of aliphatic hydroxyl groups is 1. The molecule has 4 rings (SSSR count). The van der Waals surface area contributed by atoms with Gasteiger partial charge in [-0.25, -0.2) is 0 Å². The second-order valence-electron chi connectivity index (χ2n) is 6.76. The lowest BCUT2D eigenvalue weighted by atomic mass is 9.93. The molecule has 0 saturated carbocycles. The van der Waals surface area contributed by atoms with Gasteiger partial charge in [0.05, 0.1) is 11.4 Å². The molecular weight excluding hydrogens is 368 g/mol. The first-order valence-electron chi connectivity index (χ1n) is 8.45. The zero-order valence-electron chi connectivity index (χ0n) is 14.3. The molecule has 5 nitrogen and oxygen atoms in total. The molecule has 2 amide bonds. The molecule has 1 aromatic carbocycles. The Bertz CT molecular complexity index is 810. The summed E-state index contributed by atoms with van der Waals surface area (Å²) in [6.07, 6.45) is 7.48. The van der Waals surface area contributed by atoms with Gasteiger partial charge in [-0.2, -0.15) is 0 Å². The quantitative estimate of drug-likeness (QED) is 0.733. The lowest BCUT2D eigenvalue weighted by molar-refractivity contribution is -0.139. The SMILES string of the molecule is CS[C@@]1(Cc2ccccc2)NC(=O)[C@]2(CC3=CC=C[C@H](O)[C@H]3S2)NC1=O. The second-order valence-corrected chi connectivity index (χ2v) is 9.31. The van der Waals surface area contributed by atoms with Crippen LogP contribution in [0.1, 0.15) is 12.0 Å². The van der Waals surface area contributed by atoms with E-state index in [0.717, 1.165) is 11.1 Å². The number of piperazine rings is 1. The van der Waals surface area contributed by atoms with Crippen LogP contribution < -0.4 is 10.6 Å². The van der Waals surface area contributed by atoms with E-state index in [2.05, 4.69) is 10.6 Å². The maximum absolute atomic E-state index is 13.1. The smallest absolute Gasteiger partial charge is 0.258 e. The maximum Gasteiger partial charge on any atom is 0.258 e. The highest BCUT2D eigenvalue weighted by atomic mass is 32.2. The van der Waals surface area contributed by atoms with Gasteiger partial charge < -0.3 is 15.7 Å². The molecule has 0 aromatic heterocycles. The molecule has 1 aliphatic carbocycles. The van der Waals surface area contributed by atoms with Gasteiger partial charge in [0, 0.05) is 12.8 Å². The third-order valence-corrected chi connectivity index (χ3v) is 7.88. The summed E-state index contributed by atoms with van der Waals surface area (Å²) in [6, 6.07) is 9.67. The monoisotopic (exact) mass is 388 g/mol. The Morgan fingerprint density at radius 2 is 2.00 bits per heavy atom. The summed E-state index contributed by atoms with van der Waals surface area (Å²) < 4.78 is 0.